The van der Waals surface area contributed by atoms with E-state index in [9.17, 15) is 8.78 Å². The average Bonchev–Trinajstić information content (AvgIpc) is 2.46. The Kier molecular flexibility index (Phi) is 3.17. The van der Waals surface area contributed by atoms with Gasteiger partial charge in [-0.2, -0.15) is 4.39 Å². The molecular weight excluding hydrogens is 274 g/mol. The summed E-state index contributed by atoms with van der Waals surface area (Å²) in [6.45, 7) is 1.83. The van der Waals surface area contributed by atoms with Gasteiger partial charge in [0.25, 0.3) is 0 Å². The van der Waals surface area contributed by atoms with Gasteiger partial charge < -0.3 is 10.5 Å². The molecule has 0 aliphatic rings. The summed E-state index contributed by atoms with van der Waals surface area (Å²) in [6, 6.07) is 8.86. The van der Waals surface area contributed by atoms with Crippen LogP contribution in [0.5, 0.6) is 11.5 Å². The second-order valence-corrected chi connectivity index (χ2v) is 4.68. The minimum Gasteiger partial charge on any atom is -0.454 e. The first-order chi connectivity index (χ1) is 10.1. The second kappa shape index (κ2) is 5.01. The number of aryl methyl sites for hydroxylation is 1. The number of fused-ring (bicyclic) bond motifs is 1. The van der Waals surface area contributed by atoms with E-state index in [1.54, 1.807) is 24.4 Å². The Morgan fingerprint density at radius 1 is 1.05 bits per heavy atom. The highest BCUT2D eigenvalue weighted by atomic mass is 19.2. The number of nitrogen functional groups attached to an aromatic ring is 1. The summed E-state index contributed by atoms with van der Waals surface area (Å²) in [5, 5.41) is 1.40. The van der Waals surface area contributed by atoms with Gasteiger partial charge in [-0.1, -0.05) is 6.07 Å². The molecule has 1 aromatic heterocycles. The zero-order valence-electron chi connectivity index (χ0n) is 11.2. The van der Waals surface area contributed by atoms with Crippen molar-refractivity contribution in [2.24, 2.45) is 0 Å². The summed E-state index contributed by atoms with van der Waals surface area (Å²) in [5.41, 5.74) is 7.21. The number of aromatic nitrogens is 1. The minimum absolute atomic E-state index is 0.171. The smallest absolute Gasteiger partial charge is 0.201 e. The van der Waals surface area contributed by atoms with E-state index in [1.165, 1.54) is 12.1 Å². The lowest BCUT2D eigenvalue weighted by Crippen LogP contribution is -1.95. The third-order valence-corrected chi connectivity index (χ3v) is 3.17. The van der Waals surface area contributed by atoms with Crippen LogP contribution >= 0.6 is 0 Å². The first-order valence-corrected chi connectivity index (χ1v) is 6.33. The molecule has 21 heavy (non-hydrogen) atoms. The molecule has 0 spiro atoms. The average molecular weight is 286 g/mol. The first kappa shape index (κ1) is 13.3. The van der Waals surface area contributed by atoms with Crippen molar-refractivity contribution in [3.8, 4) is 11.5 Å². The van der Waals surface area contributed by atoms with Crippen LogP contribution in [0.15, 0.2) is 42.6 Å². The highest BCUT2D eigenvalue weighted by molar-refractivity contribution is 5.96. The summed E-state index contributed by atoms with van der Waals surface area (Å²) in [4.78, 5) is 4.18. The van der Waals surface area contributed by atoms with Gasteiger partial charge in [-0.15, -0.1) is 0 Å². The Hall–Kier alpha value is -2.69. The topological polar surface area (TPSA) is 48.1 Å². The molecular formula is C16H12F2N2O. The Bertz CT molecular complexity index is 834. The van der Waals surface area contributed by atoms with Crippen molar-refractivity contribution in [3.05, 3.63) is 59.9 Å². The van der Waals surface area contributed by atoms with E-state index in [1.807, 2.05) is 6.92 Å². The third-order valence-electron chi connectivity index (χ3n) is 3.17. The van der Waals surface area contributed by atoms with E-state index in [4.69, 9.17) is 10.5 Å². The molecule has 0 aliphatic heterocycles. The molecule has 0 aliphatic carbocycles. The van der Waals surface area contributed by atoms with Crippen LogP contribution in [0.2, 0.25) is 0 Å². The van der Waals surface area contributed by atoms with Gasteiger partial charge in [0, 0.05) is 28.4 Å². The molecule has 3 rings (SSSR count). The van der Waals surface area contributed by atoms with Crippen molar-refractivity contribution in [2.75, 3.05) is 5.73 Å². The van der Waals surface area contributed by atoms with Gasteiger partial charge in [0.15, 0.2) is 11.6 Å². The minimum atomic E-state index is -1.02. The lowest BCUT2D eigenvalue weighted by atomic mass is 10.1. The molecule has 106 valence electrons. The molecule has 0 saturated carbocycles. The highest BCUT2D eigenvalue weighted by Crippen LogP contribution is 2.34. The molecule has 5 heteroatoms. The molecule has 0 amide bonds. The molecule has 2 aromatic carbocycles. The SMILES string of the molecule is Cc1cc2c(Oc3cccc(F)c3F)ccc(N)c2cn1. The molecule has 0 radical (unpaired) electrons. The fraction of sp³-hybridized carbons (Fsp3) is 0.0625. The molecule has 3 nitrogen and oxygen atoms in total. The Morgan fingerprint density at radius 3 is 2.67 bits per heavy atom. The van der Waals surface area contributed by atoms with Crippen LogP contribution < -0.4 is 10.5 Å². The molecule has 0 bridgehead atoms. The van der Waals surface area contributed by atoms with E-state index < -0.39 is 11.6 Å². The normalized spacial score (nSPS) is 10.8. The summed E-state index contributed by atoms with van der Waals surface area (Å²) in [6.07, 6.45) is 1.63. The van der Waals surface area contributed by atoms with Crippen LogP contribution in [-0.2, 0) is 0 Å². The van der Waals surface area contributed by atoms with Crippen LogP contribution in [0.25, 0.3) is 10.8 Å². The molecule has 1 heterocycles. The van der Waals surface area contributed by atoms with Gasteiger partial charge in [0.1, 0.15) is 5.75 Å². The number of ether oxygens (including phenoxy) is 1. The van der Waals surface area contributed by atoms with Crippen molar-refractivity contribution < 1.29 is 13.5 Å². The van der Waals surface area contributed by atoms with Crippen molar-refractivity contribution in [3.63, 3.8) is 0 Å². The maximum Gasteiger partial charge on any atom is 0.201 e. The van der Waals surface area contributed by atoms with Crippen molar-refractivity contribution in [1.82, 2.24) is 4.98 Å². The van der Waals surface area contributed by atoms with Crippen LogP contribution in [0.1, 0.15) is 5.69 Å². The van der Waals surface area contributed by atoms with Gasteiger partial charge in [-0.25, -0.2) is 4.39 Å². The number of hydrogen-bond acceptors (Lipinski definition) is 3. The van der Waals surface area contributed by atoms with Crippen LogP contribution in [0, 0.1) is 18.6 Å². The number of anilines is 1. The Labute approximate surface area is 120 Å². The highest BCUT2D eigenvalue weighted by Gasteiger charge is 2.12. The second-order valence-electron chi connectivity index (χ2n) is 4.68. The molecule has 0 atom stereocenters. The van der Waals surface area contributed by atoms with Gasteiger partial charge in [-0.3, -0.25) is 4.98 Å². The van der Waals surface area contributed by atoms with Crippen molar-refractivity contribution >= 4 is 16.5 Å². The largest absolute Gasteiger partial charge is 0.454 e. The number of nitrogens with zero attached hydrogens (tertiary/aromatic N) is 1. The van der Waals surface area contributed by atoms with Crippen molar-refractivity contribution in [1.29, 1.82) is 0 Å². The predicted molar refractivity (Wildman–Crippen MR) is 77.3 cm³/mol. The van der Waals surface area contributed by atoms with Crippen LogP contribution in [0.3, 0.4) is 0 Å². The number of nitrogens with two attached hydrogens (primary N) is 1. The van der Waals surface area contributed by atoms with Crippen molar-refractivity contribution in [2.45, 2.75) is 6.92 Å². The Morgan fingerprint density at radius 2 is 1.86 bits per heavy atom. The maximum atomic E-state index is 13.7. The molecule has 0 unspecified atom stereocenters. The molecule has 0 fully saturated rings. The summed E-state index contributed by atoms with van der Waals surface area (Å²) >= 11 is 0. The molecule has 3 aromatic rings. The number of halogens is 2. The van der Waals surface area contributed by atoms with E-state index in [-0.39, 0.29) is 5.75 Å². The Balaban J connectivity index is 2.15. The zero-order valence-corrected chi connectivity index (χ0v) is 11.2. The zero-order chi connectivity index (χ0) is 15.0. The fourth-order valence-corrected chi connectivity index (χ4v) is 2.11. The molecule has 0 saturated heterocycles. The van der Waals surface area contributed by atoms with E-state index >= 15 is 0 Å². The monoisotopic (exact) mass is 286 g/mol. The van der Waals surface area contributed by atoms with Gasteiger partial charge >= 0.3 is 0 Å². The number of hydrogen-bond donors (Lipinski definition) is 1. The van der Waals surface area contributed by atoms with E-state index in [0.29, 0.717) is 22.2 Å². The summed E-state index contributed by atoms with van der Waals surface area (Å²) in [5.74, 6) is -1.75. The number of benzene rings is 2. The number of rotatable bonds is 2. The van der Waals surface area contributed by atoms with Gasteiger partial charge in [-0.05, 0) is 37.3 Å². The predicted octanol–water partition coefficient (Wildman–Crippen LogP) is 4.20. The van der Waals surface area contributed by atoms with E-state index in [2.05, 4.69) is 4.98 Å². The number of pyridine rings is 1. The molecule has 2 N–H and O–H groups in total. The fourth-order valence-electron chi connectivity index (χ4n) is 2.11. The van der Waals surface area contributed by atoms with Gasteiger partial charge in [0.05, 0.1) is 0 Å². The first-order valence-electron chi connectivity index (χ1n) is 6.33. The van der Waals surface area contributed by atoms with Crippen LogP contribution in [0.4, 0.5) is 14.5 Å². The quantitative estimate of drug-likeness (QED) is 0.718. The van der Waals surface area contributed by atoms with Gasteiger partial charge in [0.2, 0.25) is 5.82 Å². The standard InChI is InChI=1S/C16H12F2N2O/c1-9-7-10-11(8-20-9)13(19)5-6-14(10)21-15-4-2-3-12(17)16(15)18/h2-8H,19H2,1H3. The maximum absolute atomic E-state index is 13.7. The summed E-state index contributed by atoms with van der Waals surface area (Å²) in [7, 11) is 0. The van der Waals surface area contributed by atoms with Crippen LogP contribution in [-0.4, -0.2) is 4.98 Å². The third kappa shape index (κ3) is 2.38. The lowest BCUT2D eigenvalue weighted by Gasteiger charge is -2.11. The lowest BCUT2D eigenvalue weighted by molar-refractivity contribution is 0.419. The summed E-state index contributed by atoms with van der Waals surface area (Å²) < 4.78 is 32.5. The van der Waals surface area contributed by atoms with E-state index in [0.717, 1.165) is 11.8 Å².